The largest absolute Gasteiger partial charge is 0.497 e. The first kappa shape index (κ1) is 15.8. The van der Waals surface area contributed by atoms with Crippen molar-refractivity contribution in [2.75, 3.05) is 12.1 Å². The van der Waals surface area contributed by atoms with Gasteiger partial charge in [0.05, 0.1) is 18.5 Å². The number of carbonyl (C=O) groups is 1. The molecule has 1 atom stereocenters. The zero-order valence-corrected chi connectivity index (χ0v) is 14.9. The van der Waals surface area contributed by atoms with Crippen LogP contribution in [0.4, 0.5) is 5.69 Å². The number of hydrogen-bond acceptors (Lipinski definition) is 4. The third-order valence-corrected chi connectivity index (χ3v) is 5.41. The highest BCUT2D eigenvalue weighted by molar-refractivity contribution is 6.20. The van der Waals surface area contributed by atoms with E-state index in [0.29, 0.717) is 6.42 Å². The molecule has 2 aliphatic heterocycles. The number of para-hydroxylation sites is 1. The van der Waals surface area contributed by atoms with Gasteiger partial charge in [-0.15, -0.1) is 0 Å². The second kappa shape index (κ2) is 5.81. The van der Waals surface area contributed by atoms with Gasteiger partial charge in [0.25, 0.3) is 0 Å². The van der Waals surface area contributed by atoms with Gasteiger partial charge in [-0.1, -0.05) is 54.6 Å². The fourth-order valence-corrected chi connectivity index (χ4v) is 4.09. The molecule has 5 rings (SSSR count). The van der Waals surface area contributed by atoms with Crippen LogP contribution in [0.15, 0.2) is 84.0 Å². The number of fused-ring (bicyclic) bond motifs is 3. The number of ketones is 1. The first-order valence-electron chi connectivity index (χ1n) is 8.95. The van der Waals surface area contributed by atoms with Gasteiger partial charge in [-0.3, -0.25) is 4.79 Å². The van der Waals surface area contributed by atoms with Crippen LogP contribution in [0.1, 0.15) is 27.9 Å². The minimum Gasteiger partial charge on any atom is -0.497 e. The molecule has 27 heavy (non-hydrogen) atoms. The lowest BCUT2D eigenvalue weighted by atomic mass is 9.81. The van der Waals surface area contributed by atoms with E-state index >= 15 is 0 Å². The Morgan fingerprint density at radius 1 is 0.963 bits per heavy atom. The van der Waals surface area contributed by atoms with Crippen LogP contribution in [0.2, 0.25) is 0 Å². The van der Waals surface area contributed by atoms with Crippen LogP contribution in [0.25, 0.3) is 0 Å². The van der Waals surface area contributed by atoms with Crippen LogP contribution >= 0.6 is 0 Å². The molecular formula is C23H18N2O2. The predicted octanol–water partition coefficient (Wildman–Crippen LogP) is 4.40. The Hall–Kier alpha value is -3.40. The molecule has 2 heterocycles. The fourth-order valence-electron chi connectivity index (χ4n) is 4.09. The molecule has 4 heteroatoms. The minimum absolute atomic E-state index is 0.0843. The van der Waals surface area contributed by atoms with Crippen molar-refractivity contribution in [2.45, 2.75) is 12.0 Å². The van der Waals surface area contributed by atoms with E-state index in [2.05, 4.69) is 0 Å². The van der Waals surface area contributed by atoms with E-state index in [1.807, 2.05) is 83.9 Å². The summed E-state index contributed by atoms with van der Waals surface area (Å²) in [4.78, 5) is 13.6. The van der Waals surface area contributed by atoms with Gasteiger partial charge in [-0.05, 0) is 35.4 Å². The lowest BCUT2D eigenvalue weighted by molar-refractivity contribution is 0.0908. The van der Waals surface area contributed by atoms with Crippen molar-refractivity contribution in [1.82, 2.24) is 0 Å². The predicted molar refractivity (Wildman–Crippen MR) is 106 cm³/mol. The molecule has 0 amide bonds. The van der Waals surface area contributed by atoms with Gasteiger partial charge in [-0.25, -0.2) is 5.01 Å². The summed E-state index contributed by atoms with van der Waals surface area (Å²) < 4.78 is 5.42. The fraction of sp³-hybridized carbons (Fsp3) is 0.130. The van der Waals surface area contributed by atoms with E-state index in [1.165, 1.54) is 0 Å². The molecule has 0 spiro atoms. The maximum Gasteiger partial charge on any atom is 0.197 e. The van der Waals surface area contributed by atoms with Gasteiger partial charge >= 0.3 is 0 Å². The molecule has 0 aromatic heterocycles. The SMILES string of the molecule is COc1cccc(C23CC(c4ccccc4)=NN2c2ccccc2C3=O)c1. The zero-order chi connectivity index (χ0) is 18.4. The maximum absolute atomic E-state index is 13.6. The smallest absolute Gasteiger partial charge is 0.197 e. The van der Waals surface area contributed by atoms with Crippen LogP contribution < -0.4 is 9.75 Å². The second-order valence-electron chi connectivity index (χ2n) is 6.84. The summed E-state index contributed by atoms with van der Waals surface area (Å²) in [5, 5.41) is 6.81. The van der Waals surface area contributed by atoms with Crippen LogP contribution in [-0.4, -0.2) is 18.6 Å². The van der Waals surface area contributed by atoms with Gasteiger partial charge in [-0.2, -0.15) is 5.10 Å². The minimum atomic E-state index is -0.858. The lowest BCUT2D eigenvalue weighted by Gasteiger charge is -2.30. The molecule has 0 radical (unpaired) electrons. The average Bonchev–Trinajstić information content (AvgIpc) is 3.25. The van der Waals surface area contributed by atoms with Crippen molar-refractivity contribution in [3.63, 3.8) is 0 Å². The van der Waals surface area contributed by atoms with Gasteiger partial charge in [0.2, 0.25) is 0 Å². The first-order chi connectivity index (χ1) is 13.2. The summed E-state index contributed by atoms with van der Waals surface area (Å²) in [5.74, 6) is 0.819. The molecule has 0 bridgehead atoms. The molecule has 3 aromatic rings. The number of nitrogens with zero attached hydrogens (tertiary/aromatic N) is 2. The summed E-state index contributed by atoms with van der Waals surface area (Å²) in [7, 11) is 1.64. The molecule has 1 unspecified atom stereocenters. The van der Waals surface area contributed by atoms with E-state index in [1.54, 1.807) is 7.11 Å². The van der Waals surface area contributed by atoms with Crippen LogP contribution in [0, 0.1) is 0 Å². The Kier molecular flexibility index (Phi) is 3.41. The molecule has 0 fully saturated rings. The molecule has 2 aliphatic rings. The Balaban J connectivity index is 1.72. The lowest BCUT2D eigenvalue weighted by Crippen LogP contribution is -2.42. The van der Waals surface area contributed by atoms with Crippen LogP contribution in [0.3, 0.4) is 0 Å². The number of ether oxygens (including phenoxy) is 1. The number of hydrogen-bond donors (Lipinski definition) is 0. The molecule has 3 aromatic carbocycles. The summed E-state index contributed by atoms with van der Waals surface area (Å²) in [5.41, 5.74) is 3.58. The number of benzene rings is 3. The third-order valence-electron chi connectivity index (χ3n) is 5.41. The maximum atomic E-state index is 13.6. The monoisotopic (exact) mass is 354 g/mol. The summed E-state index contributed by atoms with van der Waals surface area (Å²) in [6.45, 7) is 0. The van der Waals surface area contributed by atoms with Crippen molar-refractivity contribution < 1.29 is 9.53 Å². The standard InChI is InChI=1S/C23H18N2O2/c1-27-18-11-7-10-17(14-18)23-15-20(16-8-3-2-4-9-16)24-25(23)21-13-6-5-12-19(21)22(23)26/h2-14H,15H2,1H3. The van der Waals surface area contributed by atoms with Gasteiger partial charge in [0, 0.05) is 12.0 Å². The van der Waals surface area contributed by atoms with Gasteiger partial charge in [0.1, 0.15) is 5.75 Å². The molecule has 0 saturated carbocycles. The quantitative estimate of drug-likeness (QED) is 0.700. The van der Waals surface area contributed by atoms with E-state index in [0.717, 1.165) is 33.8 Å². The Labute approximate surface area is 157 Å². The van der Waals surface area contributed by atoms with Crippen molar-refractivity contribution in [3.05, 3.63) is 95.6 Å². The van der Waals surface area contributed by atoms with Gasteiger partial charge in [0.15, 0.2) is 11.3 Å². The number of Topliss-reactive ketones (excluding diaryl/α,β-unsaturated/α-hetero) is 1. The Morgan fingerprint density at radius 2 is 1.74 bits per heavy atom. The number of methoxy groups -OCH3 is 1. The molecule has 0 saturated heterocycles. The Bertz CT molecular complexity index is 1070. The number of hydrazone groups is 1. The van der Waals surface area contributed by atoms with E-state index < -0.39 is 5.54 Å². The topological polar surface area (TPSA) is 41.9 Å². The molecule has 132 valence electrons. The van der Waals surface area contributed by atoms with Crippen molar-refractivity contribution in [2.24, 2.45) is 5.10 Å². The highest BCUT2D eigenvalue weighted by Crippen LogP contribution is 2.51. The normalized spacial score (nSPS) is 20.3. The third kappa shape index (κ3) is 2.16. The number of carbonyl (C=O) groups excluding carboxylic acids is 1. The number of rotatable bonds is 3. The number of anilines is 1. The van der Waals surface area contributed by atoms with Gasteiger partial charge < -0.3 is 4.74 Å². The highest BCUT2D eigenvalue weighted by atomic mass is 16.5. The van der Waals surface area contributed by atoms with Crippen molar-refractivity contribution >= 4 is 17.2 Å². The van der Waals surface area contributed by atoms with E-state index in [9.17, 15) is 4.79 Å². The van der Waals surface area contributed by atoms with E-state index in [4.69, 9.17) is 9.84 Å². The summed E-state index contributed by atoms with van der Waals surface area (Å²) in [6, 6.07) is 25.5. The highest BCUT2D eigenvalue weighted by Gasteiger charge is 2.56. The molecule has 0 aliphatic carbocycles. The van der Waals surface area contributed by atoms with Crippen LogP contribution in [0.5, 0.6) is 5.75 Å². The zero-order valence-electron chi connectivity index (χ0n) is 14.9. The van der Waals surface area contributed by atoms with E-state index in [-0.39, 0.29) is 5.78 Å². The molecule has 4 nitrogen and oxygen atoms in total. The van der Waals surface area contributed by atoms with Crippen LogP contribution in [-0.2, 0) is 5.54 Å². The van der Waals surface area contributed by atoms with Crippen molar-refractivity contribution in [1.29, 1.82) is 0 Å². The van der Waals surface area contributed by atoms with Crippen molar-refractivity contribution in [3.8, 4) is 5.75 Å². The average molecular weight is 354 g/mol. The molecule has 0 N–H and O–H groups in total. The summed E-state index contributed by atoms with van der Waals surface area (Å²) >= 11 is 0. The summed E-state index contributed by atoms with van der Waals surface area (Å²) in [6.07, 6.45) is 0.525. The second-order valence-corrected chi connectivity index (χ2v) is 6.84. The Morgan fingerprint density at radius 3 is 2.56 bits per heavy atom. The molecular weight excluding hydrogens is 336 g/mol. The first-order valence-corrected chi connectivity index (χ1v) is 8.95.